The van der Waals surface area contributed by atoms with Gasteiger partial charge in [-0.3, -0.25) is 9.59 Å². The fraction of sp³-hybridized carbons (Fsp3) is 0.217. The van der Waals surface area contributed by atoms with E-state index in [1.165, 1.54) is 18.1 Å². The molecule has 33 heavy (non-hydrogen) atoms. The van der Waals surface area contributed by atoms with Crippen molar-refractivity contribution in [3.05, 3.63) is 90.1 Å². The number of amides is 1. The first-order valence-electron chi connectivity index (χ1n) is 10.0. The summed E-state index contributed by atoms with van der Waals surface area (Å²) in [5.41, 5.74) is 0.879. The van der Waals surface area contributed by atoms with Gasteiger partial charge in [0.05, 0.1) is 17.7 Å². The Morgan fingerprint density at radius 2 is 1.73 bits per heavy atom. The van der Waals surface area contributed by atoms with Crippen molar-refractivity contribution in [1.29, 1.82) is 0 Å². The molecule has 0 saturated heterocycles. The van der Waals surface area contributed by atoms with Crippen LogP contribution in [0, 0.1) is 5.82 Å². The van der Waals surface area contributed by atoms with Crippen LogP contribution in [-0.4, -0.2) is 37.8 Å². The maximum atomic E-state index is 13.0. The van der Waals surface area contributed by atoms with Crippen molar-refractivity contribution in [1.82, 2.24) is 9.62 Å². The summed E-state index contributed by atoms with van der Waals surface area (Å²) >= 11 is 0. The first kappa shape index (κ1) is 24.1. The maximum Gasteiger partial charge on any atom is 0.324 e. The molecule has 0 bridgehead atoms. The zero-order chi connectivity index (χ0) is 23.8. The van der Waals surface area contributed by atoms with Crippen molar-refractivity contribution in [2.24, 2.45) is 0 Å². The molecule has 1 N–H and O–H groups in total. The van der Waals surface area contributed by atoms with E-state index < -0.39 is 40.4 Å². The average Bonchev–Trinajstić information content (AvgIpc) is 3.30. The summed E-state index contributed by atoms with van der Waals surface area (Å²) in [5, 5.41) is 0. The molecule has 0 fully saturated rings. The third kappa shape index (κ3) is 6.99. The van der Waals surface area contributed by atoms with Crippen LogP contribution in [0.1, 0.15) is 18.2 Å². The molecule has 1 aromatic heterocycles. The summed E-state index contributed by atoms with van der Waals surface area (Å²) < 4.78 is 50.3. The Balaban J connectivity index is 1.60. The van der Waals surface area contributed by atoms with E-state index in [0.29, 0.717) is 5.76 Å². The van der Waals surface area contributed by atoms with Crippen molar-refractivity contribution in [2.75, 3.05) is 6.61 Å². The third-order valence-electron chi connectivity index (χ3n) is 4.64. The summed E-state index contributed by atoms with van der Waals surface area (Å²) in [5.74, 6) is -1.43. The van der Waals surface area contributed by atoms with Crippen LogP contribution >= 0.6 is 0 Å². The number of esters is 1. The lowest BCUT2D eigenvalue weighted by molar-refractivity contribution is -0.153. The number of carbonyl (C=O) groups is 2. The van der Waals surface area contributed by atoms with Crippen LogP contribution < -0.4 is 4.72 Å². The predicted octanol–water partition coefficient (Wildman–Crippen LogP) is 2.86. The van der Waals surface area contributed by atoms with Gasteiger partial charge in [0.15, 0.2) is 6.61 Å². The number of hydrogen-bond donors (Lipinski definition) is 1. The number of sulfonamides is 1. The van der Waals surface area contributed by atoms with Crippen LogP contribution in [0.5, 0.6) is 0 Å². The number of hydrogen-bond acceptors (Lipinski definition) is 6. The molecule has 1 atom stereocenters. The van der Waals surface area contributed by atoms with Crippen molar-refractivity contribution < 1.29 is 31.6 Å². The fourth-order valence-corrected chi connectivity index (χ4v) is 4.13. The van der Waals surface area contributed by atoms with E-state index in [4.69, 9.17) is 9.15 Å². The zero-order valence-electron chi connectivity index (χ0n) is 17.8. The molecule has 0 radical (unpaired) electrons. The van der Waals surface area contributed by atoms with Gasteiger partial charge in [-0.2, -0.15) is 4.72 Å². The number of halogens is 1. The molecule has 0 aliphatic carbocycles. The van der Waals surface area contributed by atoms with Gasteiger partial charge in [0.25, 0.3) is 5.91 Å². The molecule has 0 aliphatic heterocycles. The Morgan fingerprint density at radius 1 is 1.03 bits per heavy atom. The van der Waals surface area contributed by atoms with E-state index in [0.717, 1.165) is 29.8 Å². The number of furan rings is 1. The summed E-state index contributed by atoms with van der Waals surface area (Å²) in [7, 11) is -4.08. The molecule has 2 aromatic carbocycles. The highest BCUT2D eigenvalue weighted by Crippen LogP contribution is 2.13. The molecule has 8 nitrogen and oxygen atoms in total. The van der Waals surface area contributed by atoms with Gasteiger partial charge in [-0.1, -0.05) is 30.3 Å². The molecule has 0 unspecified atom stereocenters. The minimum absolute atomic E-state index is 0.172. The van der Waals surface area contributed by atoms with E-state index in [1.54, 1.807) is 12.1 Å². The number of ether oxygens (including phenoxy) is 1. The smallest absolute Gasteiger partial charge is 0.324 e. The maximum absolute atomic E-state index is 13.0. The van der Waals surface area contributed by atoms with Crippen LogP contribution in [0.3, 0.4) is 0 Å². The van der Waals surface area contributed by atoms with Gasteiger partial charge < -0.3 is 14.1 Å². The molecule has 3 rings (SSSR count). The van der Waals surface area contributed by atoms with Crippen LogP contribution in [0.25, 0.3) is 0 Å². The fourth-order valence-electron chi connectivity index (χ4n) is 2.94. The van der Waals surface area contributed by atoms with Crippen molar-refractivity contribution >= 4 is 21.9 Å². The Hall–Kier alpha value is -3.50. The number of rotatable bonds is 10. The zero-order valence-corrected chi connectivity index (χ0v) is 18.6. The van der Waals surface area contributed by atoms with Gasteiger partial charge in [0, 0.05) is 6.54 Å². The van der Waals surface area contributed by atoms with Crippen LogP contribution in [0.2, 0.25) is 0 Å². The summed E-state index contributed by atoms with van der Waals surface area (Å²) in [4.78, 5) is 26.3. The SMILES string of the molecule is C[C@@H](NS(=O)(=O)c1ccc(F)cc1)C(=O)OCC(=O)N(Cc1ccccc1)Cc1ccco1. The lowest BCUT2D eigenvalue weighted by atomic mass is 10.2. The molecular weight excluding hydrogens is 451 g/mol. The molecule has 0 aliphatic rings. The van der Waals surface area contributed by atoms with E-state index in [2.05, 4.69) is 4.72 Å². The van der Waals surface area contributed by atoms with E-state index in [1.807, 2.05) is 30.3 Å². The normalized spacial score (nSPS) is 12.2. The molecule has 3 aromatic rings. The van der Waals surface area contributed by atoms with E-state index >= 15 is 0 Å². The minimum atomic E-state index is -4.08. The highest BCUT2D eigenvalue weighted by Gasteiger charge is 2.25. The second-order valence-electron chi connectivity index (χ2n) is 7.22. The second kappa shape index (κ2) is 10.9. The molecule has 1 amide bonds. The van der Waals surface area contributed by atoms with Gasteiger partial charge in [-0.15, -0.1) is 0 Å². The van der Waals surface area contributed by atoms with Gasteiger partial charge in [0.2, 0.25) is 10.0 Å². The quantitative estimate of drug-likeness (QED) is 0.453. The predicted molar refractivity (Wildman–Crippen MR) is 117 cm³/mol. The van der Waals surface area contributed by atoms with Crippen LogP contribution in [-0.2, 0) is 37.4 Å². The third-order valence-corrected chi connectivity index (χ3v) is 6.20. The molecule has 1 heterocycles. The first-order chi connectivity index (χ1) is 15.7. The van der Waals surface area contributed by atoms with Gasteiger partial charge >= 0.3 is 5.97 Å². The Morgan fingerprint density at radius 3 is 2.36 bits per heavy atom. The second-order valence-corrected chi connectivity index (χ2v) is 8.93. The molecular formula is C23H23FN2O6S. The van der Waals surface area contributed by atoms with Gasteiger partial charge in [-0.25, -0.2) is 12.8 Å². The minimum Gasteiger partial charge on any atom is -0.467 e. The Labute approximate surface area is 191 Å². The monoisotopic (exact) mass is 474 g/mol. The van der Waals surface area contributed by atoms with Crippen LogP contribution in [0.15, 0.2) is 82.3 Å². The number of nitrogens with one attached hydrogen (secondary N) is 1. The number of nitrogens with zero attached hydrogens (tertiary/aromatic N) is 1. The summed E-state index contributed by atoms with van der Waals surface area (Å²) in [6, 6.07) is 15.6. The number of benzene rings is 2. The van der Waals surface area contributed by atoms with Crippen LogP contribution in [0.4, 0.5) is 4.39 Å². The van der Waals surface area contributed by atoms with Crippen molar-refractivity contribution in [2.45, 2.75) is 31.0 Å². The lowest BCUT2D eigenvalue weighted by Gasteiger charge is -2.22. The molecule has 0 spiro atoms. The van der Waals surface area contributed by atoms with Crippen molar-refractivity contribution in [3.8, 4) is 0 Å². The Kier molecular flexibility index (Phi) is 7.96. The molecule has 174 valence electrons. The van der Waals surface area contributed by atoms with Gasteiger partial charge in [0.1, 0.15) is 17.6 Å². The average molecular weight is 475 g/mol. The first-order valence-corrected chi connectivity index (χ1v) is 11.5. The van der Waals surface area contributed by atoms with E-state index in [9.17, 15) is 22.4 Å². The molecule has 0 saturated carbocycles. The van der Waals surface area contributed by atoms with E-state index in [-0.39, 0.29) is 18.0 Å². The van der Waals surface area contributed by atoms with Crippen molar-refractivity contribution in [3.63, 3.8) is 0 Å². The topological polar surface area (TPSA) is 106 Å². The summed E-state index contributed by atoms with van der Waals surface area (Å²) in [6.45, 7) is 1.16. The highest BCUT2D eigenvalue weighted by atomic mass is 32.2. The summed E-state index contributed by atoms with van der Waals surface area (Å²) in [6.07, 6.45) is 1.50. The lowest BCUT2D eigenvalue weighted by Crippen LogP contribution is -2.41. The largest absolute Gasteiger partial charge is 0.467 e. The van der Waals surface area contributed by atoms with Gasteiger partial charge in [-0.05, 0) is 48.9 Å². The Bertz CT molecular complexity index is 1170. The number of carbonyl (C=O) groups excluding carboxylic acids is 2. The standard InChI is InChI=1S/C23H23FN2O6S/c1-17(25-33(29,30)21-11-9-19(24)10-12-21)23(28)32-16-22(27)26(15-20-8-5-13-31-20)14-18-6-3-2-4-7-18/h2-13,17,25H,14-16H2,1H3/t17-/m1/s1. The molecule has 10 heteroatoms. The highest BCUT2D eigenvalue weighted by molar-refractivity contribution is 7.89.